The molecule has 3 aromatic rings. The number of benzene rings is 1. The van der Waals surface area contributed by atoms with Crippen LogP contribution in [0.15, 0.2) is 36.8 Å². The lowest BCUT2D eigenvalue weighted by molar-refractivity contribution is 0.0468. The van der Waals surface area contributed by atoms with Gasteiger partial charge in [0.05, 0.1) is 10.7 Å². The summed E-state index contributed by atoms with van der Waals surface area (Å²) < 4.78 is 21.8. The standard InChI is InChI=1S/C23H22Cl2FN7OS/c1-35-33-11-23(12-33)9-32(10-23)22-30-5-13(6-31-22)20(28)15-4-14(2-3-18(15)27)34-8-16-17(24)7-29-21(26)19(16)25/h2-7,28H,8-12,27H2,1H3. The molecular weight excluding hydrogens is 512 g/mol. The summed E-state index contributed by atoms with van der Waals surface area (Å²) in [5.74, 6) is 0.269. The van der Waals surface area contributed by atoms with Crippen LogP contribution in [0.1, 0.15) is 16.7 Å². The van der Waals surface area contributed by atoms with Crippen LogP contribution >= 0.6 is 35.1 Å². The van der Waals surface area contributed by atoms with E-state index in [-0.39, 0.29) is 27.9 Å². The highest BCUT2D eigenvalue weighted by molar-refractivity contribution is 7.96. The molecule has 2 fully saturated rings. The average Bonchev–Trinajstić information content (AvgIpc) is 2.81. The van der Waals surface area contributed by atoms with E-state index in [1.807, 2.05) is 0 Å². The molecule has 0 atom stereocenters. The first-order valence-corrected chi connectivity index (χ1v) is 12.7. The van der Waals surface area contributed by atoms with Gasteiger partial charge in [0, 0.05) is 72.6 Å². The minimum Gasteiger partial charge on any atom is -0.489 e. The van der Waals surface area contributed by atoms with Gasteiger partial charge in [0.2, 0.25) is 11.9 Å². The van der Waals surface area contributed by atoms with E-state index in [0.717, 1.165) is 26.2 Å². The van der Waals surface area contributed by atoms with Gasteiger partial charge >= 0.3 is 0 Å². The minimum absolute atomic E-state index is 0.0718. The Kier molecular flexibility index (Phi) is 6.47. The van der Waals surface area contributed by atoms with Gasteiger partial charge in [-0.2, -0.15) is 4.39 Å². The number of halogens is 3. The van der Waals surface area contributed by atoms with E-state index in [0.29, 0.717) is 33.9 Å². The van der Waals surface area contributed by atoms with Gasteiger partial charge in [-0.1, -0.05) is 35.1 Å². The smallest absolute Gasteiger partial charge is 0.232 e. The van der Waals surface area contributed by atoms with Crippen LogP contribution in [-0.2, 0) is 6.61 Å². The van der Waals surface area contributed by atoms with Gasteiger partial charge in [0.15, 0.2) is 0 Å². The molecule has 5 rings (SSSR count). The lowest BCUT2D eigenvalue weighted by atomic mass is 9.74. The molecule has 0 bridgehead atoms. The third-order valence-corrected chi connectivity index (χ3v) is 7.73. The normalized spacial score (nSPS) is 16.6. The number of hydrogen-bond donors (Lipinski definition) is 2. The second kappa shape index (κ2) is 9.42. The van der Waals surface area contributed by atoms with Crippen molar-refractivity contribution in [3.05, 3.63) is 69.5 Å². The number of rotatable bonds is 7. The van der Waals surface area contributed by atoms with E-state index in [2.05, 4.69) is 30.4 Å². The molecule has 2 saturated heterocycles. The monoisotopic (exact) mass is 533 g/mol. The maximum atomic E-state index is 13.7. The van der Waals surface area contributed by atoms with Crippen molar-refractivity contribution >= 4 is 52.5 Å². The molecule has 1 spiro atoms. The Balaban J connectivity index is 1.26. The van der Waals surface area contributed by atoms with E-state index in [1.165, 1.54) is 6.20 Å². The fourth-order valence-corrected chi connectivity index (χ4v) is 5.57. The first-order chi connectivity index (χ1) is 16.8. The first kappa shape index (κ1) is 24.1. The van der Waals surface area contributed by atoms with Gasteiger partial charge in [0.1, 0.15) is 17.4 Å². The summed E-state index contributed by atoms with van der Waals surface area (Å²) in [6.07, 6.45) is 6.55. The third kappa shape index (κ3) is 4.63. The third-order valence-electron chi connectivity index (χ3n) is 6.25. The summed E-state index contributed by atoms with van der Waals surface area (Å²) in [5, 5.41) is 8.65. The average molecular weight is 534 g/mol. The lowest BCUT2D eigenvalue weighted by Crippen LogP contribution is -2.71. The Labute approximate surface area is 216 Å². The van der Waals surface area contributed by atoms with Crippen LogP contribution in [0, 0.1) is 16.8 Å². The second-order valence-electron chi connectivity index (χ2n) is 8.71. The van der Waals surface area contributed by atoms with Crippen molar-refractivity contribution in [2.45, 2.75) is 6.61 Å². The molecule has 4 heterocycles. The predicted octanol–water partition coefficient (Wildman–Crippen LogP) is 4.29. The maximum Gasteiger partial charge on any atom is 0.232 e. The highest BCUT2D eigenvalue weighted by atomic mass is 35.5. The molecule has 1 aromatic carbocycles. The van der Waals surface area contributed by atoms with Gasteiger partial charge in [-0.25, -0.2) is 19.3 Å². The van der Waals surface area contributed by atoms with Gasteiger partial charge in [-0.3, -0.25) is 5.41 Å². The Morgan fingerprint density at radius 1 is 1.17 bits per heavy atom. The van der Waals surface area contributed by atoms with Crippen LogP contribution in [0.2, 0.25) is 10.0 Å². The Hall–Kier alpha value is -2.66. The van der Waals surface area contributed by atoms with Crippen LogP contribution < -0.4 is 15.4 Å². The summed E-state index contributed by atoms with van der Waals surface area (Å²) in [6.45, 7) is 4.02. The molecule has 0 unspecified atom stereocenters. The number of nitrogens with two attached hydrogens (primary N) is 1. The minimum atomic E-state index is -0.819. The Morgan fingerprint density at radius 2 is 1.89 bits per heavy atom. The molecule has 8 nitrogen and oxygen atoms in total. The van der Waals surface area contributed by atoms with E-state index < -0.39 is 5.95 Å². The second-order valence-corrected chi connectivity index (χ2v) is 10.4. The van der Waals surface area contributed by atoms with Crippen LogP contribution in [0.4, 0.5) is 16.0 Å². The summed E-state index contributed by atoms with van der Waals surface area (Å²) in [7, 11) is 0. The number of hydrogen-bond acceptors (Lipinski definition) is 9. The molecule has 0 radical (unpaired) electrons. The number of aromatic nitrogens is 3. The first-order valence-electron chi connectivity index (χ1n) is 10.7. The Morgan fingerprint density at radius 3 is 2.57 bits per heavy atom. The quantitative estimate of drug-likeness (QED) is 0.200. The highest BCUT2D eigenvalue weighted by Gasteiger charge is 2.52. The lowest BCUT2D eigenvalue weighted by Gasteiger charge is -2.59. The van der Waals surface area contributed by atoms with Crippen molar-refractivity contribution in [2.24, 2.45) is 5.41 Å². The molecule has 0 aliphatic carbocycles. The molecule has 2 aliphatic rings. The van der Waals surface area contributed by atoms with Crippen molar-refractivity contribution in [1.29, 1.82) is 5.41 Å². The van der Waals surface area contributed by atoms with Crippen molar-refractivity contribution < 1.29 is 9.13 Å². The molecule has 12 heteroatoms. The van der Waals surface area contributed by atoms with Gasteiger partial charge in [-0.15, -0.1) is 0 Å². The largest absolute Gasteiger partial charge is 0.489 e. The van der Waals surface area contributed by atoms with Crippen LogP contribution in [0.3, 0.4) is 0 Å². The number of nitrogen functional groups attached to an aromatic ring is 1. The Bertz CT molecular complexity index is 1280. The van der Waals surface area contributed by atoms with Crippen LogP contribution in [-0.4, -0.2) is 57.4 Å². The molecule has 0 amide bonds. The molecule has 2 aromatic heterocycles. The summed E-state index contributed by atoms with van der Waals surface area (Å²) in [4.78, 5) is 14.6. The predicted molar refractivity (Wildman–Crippen MR) is 137 cm³/mol. The molecule has 3 N–H and O–H groups in total. The van der Waals surface area contributed by atoms with Gasteiger partial charge in [-0.05, 0) is 24.5 Å². The van der Waals surface area contributed by atoms with Crippen LogP contribution in [0.5, 0.6) is 5.75 Å². The maximum absolute atomic E-state index is 13.7. The topological polar surface area (TPSA) is 104 Å². The van der Waals surface area contributed by atoms with Crippen molar-refractivity contribution in [1.82, 2.24) is 19.3 Å². The molecular formula is C23H22Cl2FN7OS. The van der Waals surface area contributed by atoms with Crippen molar-refractivity contribution in [3.63, 3.8) is 0 Å². The van der Waals surface area contributed by atoms with Crippen LogP contribution in [0.25, 0.3) is 0 Å². The van der Waals surface area contributed by atoms with Gasteiger partial charge in [0.25, 0.3) is 0 Å². The van der Waals surface area contributed by atoms with E-state index in [9.17, 15) is 4.39 Å². The fourth-order valence-electron chi connectivity index (χ4n) is 4.31. The van der Waals surface area contributed by atoms with Gasteiger partial charge < -0.3 is 15.4 Å². The zero-order valence-electron chi connectivity index (χ0n) is 18.8. The molecule has 35 heavy (non-hydrogen) atoms. The summed E-state index contributed by atoms with van der Waals surface area (Å²) in [6, 6.07) is 4.93. The van der Waals surface area contributed by atoms with E-state index in [1.54, 1.807) is 42.5 Å². The molecule has 182 valence electrons. The highest BCUT2D eigenvalue weighted by Crippen LogP contribution is 2.43. The number of pyridine rings is 1. The summed E-state index contributed by atoms with van der Waals surface area (Å²) >= 11 is 13.8. The zero-order valence-corrected chi connectivity index (χ0v) is 21.1. The van der Waals surface area contributed by atoms with E-state index in [4.69, 9.17) is 39.1 Å². The molecule has 0 saturated carbocycles. The number of nitrogens with zero attached hydrogens (tertiary/aromatic N) is 5. The summed E-state index contributed by atoms with van der Waals surface area (Å²) in [5.41, 5.74) is 8.36. The van der Waals surface area contributed by atoms with E-state index >= 15 is 0 Å². The SMILES string of the molecule is CSN1CC2(C1)CN(c1ncc(C(=N)c3cc(OCc4c(Cl)cnc(F)c4Cl)ccc3N)cn1)C2. The fraction of sp³-hybridized carbons (Fsp3) is 0.304. The van der Waals surface area contributed by atoms with Crippen molar-refractivity contribution in [3.8, 4) is 5.75 Å². The zero-order chi connectivity index (χ0) is 24.7. The number of anilines is 2. The molecule has 2 aliphatic heterocycles. The number of ether oxygens (including phenoxy) is 1. The van der Waals surface area contributed by atoms with Crippen molar-refractivity contribution in [2.75, 3.05) is 43.1 Å². The number of nitrogens with one attached hydrogen (secondary N) is 1.